The van der Waals surface area contributed by atoms with Gasteiger partial charge in [-0.05, 0) is 13.0 Å². The number of nitrogens with zero attached hydrogens (tertiary/aromatic N) is 2. The van der Waals surface area contributed by atoms with Crippen LogP contribution in [0, 0.1) is 15.9 Å². The number of likely N-dealkylation sites (tertiary alicyclic amines) is 1. The number of rotatable bonds is 2. The number of β-amino-alcohol motifs (C(OH)–C–C–N with tert-alkyl or cyclic N) is 1. The van der Waals surface area contributed by atoms with Crippen LogP contribution in [0.25, 0.3) is 0 Å². The number of benzene rings is 1. The maximum absolute atomic E-state index is 13.6. The first-order valence-electron chi connectivity index (χ1n) is 5.26. The lowest BCUT2D eigenvalue weighted by Crippen LogP contribution is -2.61. The fourth-order valence-corrected chi connectivity index (χ4v) is 1.88. The van der Waals surface area contributed by atoms with Crippen molar-refractivity contribution in [3.05, 3.63) is 39.7 Å². The van der Waals surface area contributed by atoms with Gasteiger partial charge in [0.15, 0.2) is 0 Å². The van der Waals surface area contributed by atoms with Crippen molar-refractivity contribution in [1.29, 1.82) is 0 Å². The van der Waals surface area contributed by atoms with Crippen LogP contribution >= 0.6 is 0 Å². The summed E-state index contributed by atoms with van der Waals surface area (Å²) in [5.74, 6) is -1.50. The van der Waals surface area contributed by atoms with Crippen LogP contribution in [0.15, 0.2) is 18.2 Å². The van der Waals surface area contributed by atoms with Crippen molar-refractivity contribution in [1.82, 2.24) is 4.90 Å². The average Bonchev–Trinajstić information content (AvgIpc) is 2.24. The van der Waals surface area contributed by atoms with Gasteiger partial charge >= 0.3 is 0 Å². The first kappa shape index (κ1) is 12.4. The molecule has 96 valence electrons. The summed E-state index contributed by atoms with van der Waals surface area (Å²) in [6.07, 6.45) is 0. The average molecular weight is 254 g/mol. The van der Waals surface area contributed by atoms with Crippen LogP contribution in [0.4, 0.5) is 10.1 Å². The molecule has 0 unspecified atom stereocenters. The number of hydrogen-bond acceptors (Lipinski definition) is 4. The Bertz CT molecular complexity index is 522. The number of hydrogen-bond donors (Lipinski definition) is 1. The molecule has 0 aromatic heterocycles. The number of nitro groups is 1. The van der Waals surface area contributed by atoms with E-state index >= 15 is 0 Å². The molecule has 0 spiro atoms. The Kier molecular flexibility index (Phi) is 2.78. The van der Waals surface area contributed by atoms with Gasteiger partial charge in [0.25, 0.3) is 11.6 Å². The smallest absolute Gasteiger partial charge is 0.272 e. The molecule has 0 radical (unpaired) electrons. The van der Waals surface area contributed by atoms with Gasteiger partial charge in [0, 0.05) is 6.07 Å². The molecule has 1 fully saturated rings. The van der Waals surface area contributed by atoms with Crippen LogP contribution in [-0.4, -0.2) is 39.5 Å². The van der Waals surface area contributed by atoms with E-state index in [9.17, 15) is 24.4 Å². The van der Waals surface area contributed by atoms with Crippen molar-refractivity contribution in [3.63, 3.8) is 0 Å². The molecule has 1 amide bonds. The summed E-state index contributed by atoms with van der Waals surface area (Å²) >= 11 is 0. The highest BCUT2D eigenvalue weighted by Crippen LogP contribution is 2.24. The predicted molar refractivity (Wildman–Crippen MR) is 59.6 cm³/mol. The third-order valence-corrected chi connectivity index (χ3v) is 2.74. The third kappa shape index (κ3) is 2.17. The quantitative estimate of drug-likeness (QED) is 0.628. The Labute approximate surface area is 102 Å². The van der Waals surface area contributed by atoms with Crippen LogP contribution in [0.2, 0.25) is 0 Å². The Morgan fingerprint density at radius 2 is 2.17 bits per heavy atom. The van der Waals surface area contributed by atoms with Gasteiger partial charge in [0.2, 0.25) is 0 Å². The van der Waals surface area contributed by atoms with Crippen LogP contribution < -0.4 is 0 Å². The SMILES string of the molecule is CC1(O)CN(C(=O)c2ccc([N+](=O)[O-])cc2F)C1. The first-order chi connectivity index (χ1) is 8.30. The van der Waals surface area contributed by atoms with E-state index in [1.807, 2.05) is 0 Å². The Morgan fingerprint density at radius 3 is 2.61 bits per heavy atom. The van der Waals surface area contributed by atoms with Crippen molar-refractivity contribution >= 4 is 11.6 Å². The molecule has 7 heteroatoms. The van der Waals surface area contributed by atoms with E-state index in [4.69, 9.17) is 0 Å². The number of aliphatic hydroxyl groups is 1. The van der Waals surface area contributed by atoms with Gasteiger partial charge in [-0.2, -0.15) is 0 Å². The Balaban J connectivity index is 2.19. The van der Waals surface area contributed by atoms with Crippen molar-refractivity contribution in [3.8, 4) is 0 Å². The van der Waals surface area contributed by atoms with Crippen molar-refractivity contribution < 1.29 is 19.2 Å². The number of nitro benzene ring substituents is 1. The van der Waals surface area contributed by atoms with E-state index in [-0.39, 0.29) is 18.7 Å². The summed E-state index contributed by atoms with van der Waals surface area (Å²) in [5.41, 5.74) is -1.57. The number of amides is 1. The largest absolute Gasteiger partial charge is 0.386 e. The summed E-state index contributed by atoms with van der Waals surface area (Å²) in [6, 6.07) is 2.88. The van der Waals surface area contributed by atoms with E-state index in [0.29, 0.717) is 6.07 Å². The van der Waals surface area contributed by atoms with Gasteiger partial charge in [-0.15, -0.1) is 0 Å². The lowest BCUT2D eigenvalue weighted by molar-refractivity contribution is -0.385. The number of carbonyl (C=O) groups is 1. The zero-order valence-electron chi connectivity index (χ0n) is 9.59. The standard InChI is InChI=1S/C11H11FN2O4/c1-11(16)5-13(6-11)10(15)8-3-2-7(14(17)18)4-9(8)12/h2-4,16H,5-6H2,1H3. The second kappa shape index (κ2) is 4.02. The fraction of sp³-hybridized carbons (Fsp3) is 0.364. The maximum atomic E-state index is 13.6. The molecular formula is C11H11FN2O4. The van der Waals surface area contributed by atoms with Gasteiger partial charge in [-0.25, -0.2) is 4.39 Å². The zero-order chi connectivity index (χ0) is 13.5. The Hall–Kier alpha value is -2.02. The van der Waals surface area contributed by atoms with Gasteiger partial charge in [-0.1, -0.05) is 0 Å². The van der Waals surface area contributed by atoms with Gasteiger partial charge in [0.05, 0.1) is 35.2 Å². The summed E-state index contributed by atoms with van der Waals surface area (Å²) in [5, 5.41) is 19.9. The minimum atomic E-state index is -0.938. The number of non-ortho nitro benzene ring substituents is 1. The molecule has 2 rings (SSSR count). The number of halogens is 1. The topological polar surface area (TPSA) is 83.7 Å². The lowest BCUT2D eigenvalue weighted by Gasteiger charge is -2.44. The van der Waals surface area contributed by atoms with Gasteiger partial charge < -0.3 is 10.0 Å². The van der Waals surface area contributed by atoms with Gasteiger partial charge in [-0.3, -0.25) is 14.9 Å². The number of carbonyl (C=O) groups excluding carboxylic acids is 1. The summed E-state index contributed by atoms with van der Waals surface area (Å²) < 4.78 is 13.6. The maximum Gasteiger partial charge on any atom is 0.272 e. The molecule has 0 atom stereocenters. The molecule has 1 aliphatic rings. The van der Waals surface area contributed by atoms with Crippen LogP contribution in [0.3, 0.4) is 0 Å². The Morgan fingerprint density at radius 1 is 1.56 bits per heavy atom. The molecule has 1 aromatic rings. The second-order valence-electron chi connectivity index (χ2n) is 4.58. The normalized spacial score (nSPS) is 17.2. The molecular weight excluding hydrogens is 243 g/mol. The zero-order valence-corrected chi connectivity index (χ0v) is 9.59. The predicted octanol–water partition coefficient (Wildman–Crippen LogP) is 0.941. The highest BCUT2D eigenvalue weighted by atomic mass is 19.1. The van der Waals surface area contributed by atoms with E-state index in [1.165, 1.54) is 4.90 Å². The molecule has 0 aliphatic carbocycles. The summed E-state index contributed by atoms with van der Waals surface area (Å²) in [4.78, 5) is 22.8. The molecule has 6 nitrogen and oxygen atoms in total. The molecule has 18 heavy (non-hydrogen) atoms. The van der Waals surface area contributed by atoms with Crippen molar-refractivity contribution in [2.75, 3.05) is 13.1 Å². The van der Waals surface area contributed by atoms with E-state index < -0.39 is 27.9 Å². The minimum Gasteiger partial charge on any atom is -0.386 e. The van der Waals surface area contributed by atoms with Crippen LogP contribution in [-0.2, 0) is 0 Å². The van der Waals surface area contributed by atoms with Crippen molar-refractivity contribution in [2.24, 2.45) is 0 Å². The van der Waals surface area contributed by atoms with E-state index in [2.05, 4.69) is 0 Å². The molecule has 1 aromatic carbocycles. The third-order valence-electron chi connectivity index (χ3n) is 2.74. The monoisotopic (exact) mass is 254 g/mol. The molecule has 1 saturated heterocycles. The second-order valence-corrected chi connectivity index (χ2v) is 4.58. The van der Waals surface area contributed by atoms with E-state index in [0.717, 1.165) is 12.1 Å². The van der Waals surface area contributed by atoms with Crippen LogP contribution in [0.1, 0.15) is 17.3 Å². The van der Waals surface area contributed by atoms with Crippen molar-refractivity contribution in [2.45, 2.75) is 12.5 Å². The molecule has 0 saturated carbocycles. The highest BCUT2D eigenvalue weighted by Gasteiger charge is 2.40. The summed E-state index contributed by atoms with van der Waals surface area (Å²) in [6.45, 7) is 1.83. The fourth-order valence-electron chi connectivity index (χ4n) is 1.88. The molecule has 0 bridgehead atoms. The van der Waals surface area contributed by atoms with E-state index in [1.54, 1.807) is 6.92 Å². The summed E-state index contributed by atoms with van der Waals surface area (Å²) in [7, 11) is 0. The molecule has 1 heterocycles. The van der Waals surface area contributed by atoms with Gasteiger partial charge in [0.1, 0.15) is 5.82 Å². The first-order valence-corrected chi connectivity index (χ1v) is 5.26. The minimum absolute atomic E-state index is 0.127. The molecule has 1 aliphatic heterocycles. The highest BCUT2D eigenvalue weighted by molar-refractivity contribution is 5.95. The van der Waals surface area contributed by atoms with Crippen LogP contribution in [0.5, 0.6) is 0 Å². The molecule has 1 N–H and O–H groups in total. The lowest BCUT2D eigenvalue weighted by atomic mass is 9.96.